The van der Waals surface area contributed by atoms with E-state index < -0.39 is 0 Å². The summed E-state index contributed by atoms with van der Waals surface area (Å²) in [6, 6.07) is 8.70. The Balaban J connectivity index is 2.07. The van der Waals surface area contributed by atoms with Crippen LogP contribution in [0.3, 0.4) is 0 Å². The predicted molar refractivity (Wildman–Crippen MR) is 79.7 cm³/mol. The first-order valence-corrected chi connectivity index (χ1v) is 6.79. The number of anilines is 1. The van der Waals surface area contributed by atoms with Gasteiger partial charge in [0.05, 0.1) is 17.0 Å². The summed E-state index contributed by atoms with van der Waals surface area (Å²) in [7, 11) is 0. The molecule has 1 aromatic carbocycles. The summed E-state index contributed by atoms with van der Waals surface area (Å²) in [6.07, 6.45) is 0. The first-order chi connectivity index (χ1) is 9.19. The van der Waals surface area contributed by atoms with E-state index in [0.717, 1.165) is 4.88 Å². The smallest absolute Gasteiger partial charge is 0.256 e. The third-order valence-electron chi connectivity index (χ3n) is 2.28. The average molecular weight is 291 g/mol. The normalized spacial score (nSPS) is 9.58. The summed E-state index contributed by atoms with van der Waals surface area (Å²) >= 11 is 7.20. The van der Waals surface area contributed by atoms with Crippen molar-refractivity contribution >= 4 is 34.5 Å². The van der Waals surface area contributed by atoms with Gasteiger partial charge in [-0.2, -0.15) is 0 Å². The molecule has 3 nitrogen and oxygen atoms in total. The molecule has 0 saturated carbocycles. The van der Waals surface area contributed by atoms with Crippen LogP contribution < -0.4 is 11.1 Å². The molecule has 0 aliphatic carbocycles. The molecule has 0 saturated heterocycles. The number of hydrogen-bond acceptors (Lipinski definition) is 3. The average Bonchev–Trinajstić information content (AvgIpc) is 2.88. The predicted octanol–water partition coefficient (Wildman–Crippen LogP) is 2.96. The second kappa shape index (κ2) is 6.39. The van der Waals surface area contributed by atoms with E-state index >= 15 is 0 Å². The van der Waals surface area contributed by atoms with Gasteiger partial charge in [0, 0.05) is 16.1 Å². The van der Waals surface area contributed by atoms with Crippen LogP contribution in [0.4, 0.5) is 5.69 Å². The van der Waals surface area contributed by atoms with Gasteiger partial charge in [-0.05, 0) is 30.3 Å². The zero-order valence-electron chi connectivity index (χ0n) is 9.94. The van der Waals surface area contributed by atoms with Gasteiger partial charge in [-0.15, -0.1) is 11.3 Å². The Morgan fingerprint density at radius 3 is 2.79 bits per heavy atom. The molecule has 0 aliphatic heterocycles. The largest absolute Gasteiger partial charge is 0.322 e. The van der Waals surface area contributed by atoms with Crippen molar-refractivity contribution in [3.8, 4) is 11.8 Å². The van der Waals surface area contributed by atoms with Crippen molar-refractivity contribution in [2.24, 2.45) is 5.73 Å². The van der Waals surface area contributed by atoms with Crippen molar-refractivity contribution in [3.63, 3.8) is 0 Å². The molecule has 1 amide bonds. The second-order valence-electron chi connectivity index (χ2n) is 3.67. The number of benzene rings is 1. The molecule has 3 N–H and O–H groups in total. The Morgan fingerprint density at radius 1 is 1.37 bits per heavy atom. The maximum atomic E-state index is 12.0. The van der Waals surface area contributed by atoms with E-state index in [9.17, 15) is 4.79 Å². The molecule has 1 aromatic heterocycles. The number of nitrogens with one attached hydrogen (secondary N) is 1. The lowest BCUT2D eigenvalue weighted by atomic mass is 10.2. The van der Waals surface area contributed by atoms with Crippen LogP contribution in [0, 0.1) is 11.8 Å². The summed E-state index contributed by atoms with van der Waals surface area (Å²) in [5.41, 5.74) is 6.59. The van der Waals surface area contributed by atoms with Crippen molar-refractivity contribution in [1.29, 1.82) is 0 Å². The molecule has 0 atom stereocenters. The molecule has 0 unspecified atom stereocenters. The van der Waals surface area contributed by atoms with Gasteiger partial charge in [0.15, 0.2) is 0 Å². The van der Waals surface area contributed by atoms with Crippen molar-refractivity contribution in [2.45, 2.75) is 0 Å². The highest BCUT2D eigenvalue weighted by Gasteiger charge is 2.08. The van der Waals surface area contributed by atoms with Gasteiger partial charge in [0.1, 0.15) is 0 Å². The summed E-state index contributed by atoms with van der Waals surface area (Å²) < 4.78 is 0. The molecule has 19 heavy (non-hydrogen) atoms. The van der Waals surface area contributed by atoms with Crippen molar-refractivity contribution < 1.29 is 4.79 Å². The molecule has 96 valence electrons. The van der Waals surface area contributed by atoms with Crippen molar-refractivity contribution in [2.75, 3.05) is 11.9 Å². The van der Waals surface area contributed by atoms with Gasteiger partial charge in [0.2, 0.25) is 0 Å². The Morgan fingerprint density at radius 2 is 2.11 bits per heavy atom. The quantitative estimate of drug-likeness (QED) is 0.836. The minimum atomic E-state index is -0.167. The molecule has 0 fully saturated rings. The van der Waals surface area contributed by atoms with Gasteiger partial charge < -0.3 is 11.1 Å². The number of hydrogen-bond donors (Lipinski definition) is 2. The van der Waals surface area contributed by atoms with E-state index in [-0.39, 0.29) is 5.91 Å². The zero-order valence-corrected chi connectivity index (χ0v) is 11.5. The highest BCUT2D eigenvalue weighted by atomic mass is 35.5. The summed E-state index contributed by atoms with van der Waals surface area (Å²) in [4.78, 5) is 12.8. The van der Waals surface area contributed by atoms with Gasteiger partial charge in [-0.3, -0.25) is 4.79 Å². The van der Waals surface area contributed by atoms with E-state index in [1.54, 1.807) is 35.7 Å². The van der Waals surface area contributed by atoms with Crippen molar-refractivity contribution in [3.05, 3.63) is 51.2 Å². The number of carbonyl (C=O) groups is 1. The lowest BCUT2D eigenvalue weighted by Gasteiger charge is -2.03. The highest BCUT2D eigenvalue weighted by molar-refractivity contribution is 7.10. The number of amides is 1. The Labute approximate surface area is 120 Å². The maximum Gasteiger partial charge on any atom is 0.256 e. The zero-order chi connectivity index (χ0) is 13.7. The van der Waals surface area contributed by atoms with E-state index in [0.29, 0.717) is 22.8 Å². The molecule has 1 heterocycles. The van der Waals surface area contributed by atoms with Gasteiger partial charge in [0.25, 0.3) is 5.91 Å². The van der Waals surface area contributed by atoms with Crippen molar-refractivity contribution in [1.82, 2.24) is 0 Å². The van der Waals surface area contributed by atoms with Crippen LogP contribution >= 0.6 is 22.9 Å². The molecule has 0 aliphatic rings. The second-order valence-corrected chi connectivity index (χ2v) is 5.01. The van der Waals surface area contributed by atoms with Crippen LogP contribution in [0.2, 0.25) is 5.02 Å². The van der Waals surface area contributed by atoms with E-state index in [2.05, 4.69) is 17.2 Å². The lowest BCUT2D eigenvalue weighted by molar-refractivity contribution is 0.102. The fraction of sp³-hybridized carbons (Fsp3) is 0.0714. The number of halogens is 1. The molecule has 2 rings (SSSR count). The fourth-order valence-electron chi connectivity index (χ4n) is 1.40. The Kier molecular flexibility index (Phi) is 4.58. The SMILES string of the molecule is NCC#Cc1cc(C(=O)Nc2ccc(Cl)cc2)cs1. The molecular weight excluding hydrogens is 280 g/mol. The van der Waals surface area contributed by atoms with E-state index in [4.69, 9.17) is 17.3 Å². The van der Waals surface area contributed by atoms with Gasteiger partial charge >= 0.3 is 0 Å². The van der Waals surface area contributed by atoms with E-state index in [1.165, 1.54) is 11.3 Å². The number of rotatable bonds is 2. The van der Waals surface area contributed by atoms with Gasteiger partial charge in [-0.1, -0.05) is 23.4 Å². The minimum Gasteiger partial charge on any atom is -0.322 e. The van der Waals surface area contributed by atoms with Crippen LogP contribution in [-0.2, 0) is 0 Å². The molecule has 0 bridgehead atoms. The molecule has 0 radical (unpaired) electrons. The molecular formula is C14H11ClN2OS. The highest BCUT2D eigenvalue weighted by Crippen LogP contribution is 2.17. The number of thiophene rings is 1. The summed E-state index contributed by atoms with van der Waals surface area (Å²) in [5.74, 6) is 5.48. The van der Waals surface area contributed by atoms with Crippen LogP contribution in [0.1, 0.15) is 15.2 Å². The van der Waals surface area contributed by atoms with E-state index in [1.807, 2.05) is 0 Å². The lowest BCUT2D eigenvalue weighted by Crippen LogP contribution is -2.10. The van der Waals surface area contributed by atoms with Crippen LogP contribution in [0.15, 0.2) is 35.7 Å². The van der Waals surface area contributed by atoms with Crippen LogP contribution in [0.25, 0.3) is 0 Å². The third kappa shape index (κ3) is 3.83. The first-order valence-electron chi connectivity index (χ1n) is 5.53. The number of nitrogens with two attached hydrogens (primary N) is 1. The molecule has 2 aromatic rings. The van der Waals surface area contributed by atoms with Crippen LogP contribution in [-0.4, -0.2) is 12.5 Å². The maximum absolute atomic E-state index is 12.0. The Hall–Kier alpha value is -1.80. The summed E-state index contributed by atoms with van der Waals surface area (Å²) in [5, 5.41) is 5.19. The Bertz CT molecular complexity index is 637. The number of carbonyl (C=O) groups excluding carboxylic acids is 1. The first kappa shape index (κ1) is 13.6. The topological polar surface area (TPSA) is 55.1 Å². The minimum absolute atomic E-state index is 0.167. The third-order valence-corrected chi connectivity index (χ3v) is 3.37. The fourth-order valence-corrected chi connectivity index (χ4v) is 2.28. The monoisotopic (exact) mass is 290 g/mol. The summed E-state index contributed by atoms with van der Waals surface area (Å²) in [6.45, 7) is 0.310. The standard InChI is InChI=1S/C14H11ClN2OS/c15-11-3-5-12(6-4-11)17-14(18)10-8-13(19-9-10)2-1-7-16/h3-6,8-9H,7,16H2,(H,17,18). The molecule has 5 heteroatoms. The van der Waals surface area contributed by atoms with Crippen LogP contribution in [0.5, 0.6) is 0 Å². The molecule has 0 spiro atoms. The van der Waals surface area contributed by atoms with Gasteiger partial charge in [-0.25, -0.2) is 0 Å².